The first kappa shape index (κ1) is 31.4. The number of benzene rings is 1. The number of nitrogens with zero attached hydrogens (tertiary/aromatic N) is 5. The molecule has 0 spiro atoms. The lowest BCUT2D eigenvalue weighted by atomic mass is 9.82. The lowest BCUT2D eigenvalue weighted by molar-refractivity contribution is -0.0124. The van der Waals surface area contributed by atoms with Crippen LogP contribution < -0.4 is 5.73 Å². The van der Waals surface area contributed by atoms with Crippen molar-refractivity contribution < 1.29 is 10.2 Å². The number of nitrogens with two attached hydrogens (primary N) is 1. The van der Waals surface area contributed by atoms with Crippen LogP contribution in [0, 0.1) is 17.8 Å². The number of hydrogen-bond donors (Lipinski definition) is 3. The predicted octanol–water partition coefficient (Wildman–Crippen LogP) is 5.63. The minimum atomic E-state index is -0.905. The molecular weight excluding hydrogens is 615 g/mol. The van der Waals surface area contributed by atoms with Crippen molar-refractivity contribution in [2.75, 3.05) is 25.4 Å². The number of hydrogen-bond acceptors (Lipinski definition) is 8. The largest absolute Gasteiger partial charge is 0.390 e. The molecular formula is C30H37Cl3N6O2S. The third-order valence-electron chi connectivity index (χ3n) is 9.19. The zero-order valence-electron chi connectivity index (χ0n) is 23.2. The van der Waals surface area contributed by atoms with Gasteiger partial charge in [-0.2, -0.15) is 4.98 Å². The normalized spacial score (nSPS) is 24.9. The molecule has 1 aromatic carbocycles. The van der Waals surface area contributed by atoms with Gasteiger partial charge in [0.1, 0.15) is 22.6 Å². The van der Waals surface area contributed by atoms with Crippen molar-refractivity contribution in [1.29, 1.82) is 0 Å². The highest BCUT2D eigenvalue weighted by molar-refractivity contribution is 7.13. The number of nitrogen functional groups attached to an aromatic ring is 1. The number of aromatic nitrogens is 4. The van der Waals surface area contributed by atoms with Crippen LogP contribution in [0.3, 0.4) is 0 Å². The molecule has 1 aliphatic heterocycles. The third-order valence-corrected chi connectivity index (χ3v) is 10.3. The van der Waals surface area contributed by atoms with Crippen molar-refractivity contribution in [3.63, 3.8) is 0 Å². The van der Waals surface area contributed by atoms with Crippen LogP contribution in [0.4, 0.5) is 5.82 Å². The average molecular weight is 652 g/mol. The van der Waals surface area contributed by atoms with Crippen molar-refractivity contribution in [2.24, 2.45) is 17.8 Å². The SMILES string of the molecule is Cl.Cl.Nc1nc(Cl)nc2c1c(-c1nc(Cc3ccccc3)cs1)cn2[C@@H]1C[C@H](C2CCN(CC3CC3)CC2)[C@@H](O)[C@H]1O. The monoisotopic (exact) mass is 650 g/mol. The maximum atomic E-state index is 11.3. The van der Waals surface area contributed by atoms with Crippen LogP contribution in [0.5, 0.6) is 0 Å². The highest BCUT2D eigenvalue weighted by Crippen LogP contribution is 2.46. The molecule has 42 heavy (non-hydrogen) atoms. The molecule has 0 bridgehead atoms. The second-order valence-electron chi connectivity index (χ2n) is 11.9. The van der Waals surface area contributed by atoms with E-state index in [2.05, 4.69) is 32.4 Å². The molecule has 4 aromatic rings. The van der Waals surface area contributed by atoms with Crippen LogP contribution in [0.25, 0.3) is 21.6 Å². The van der Waals surface area contributed by atoms with Gasteiger partial charge in [-0.05, 0) is 80.1 Å². The number of anilines is 1. The zero-order chi connectivity index (χ0) is 27.4. The van der Waals surface area contributed by atoms with E-state index in [4.69, 9.17) is 22.3 Å². The van der Waals surface area contributed by atoms with E-state index in [1.165, 1.54) is 24.9 Å². The molecule has 4 N–H and O–H groups in total. The standard InChI is InChI=1S/C30H35ClN6O2S.2ClH/c31-30-34-27(32)24-22(29-33-20(16-40-29)12-17-4-2-1-3-5-17)15-37(28(24)35-30)23-13-21(25(38)26(23)39)19-8-10-36(11-9-19)14-18-6-7-18;;/h1-5,15-16,18-19,21,23,25-26,38-39H,6-14H2,(H2,32,34,35);2*1H/t21-,23-,25-,26+;;/m1../s1. The fourth-order valence-electron chi connectivity index (χ4n) is 6.90. The van der Waals surface area contributed by atoms with Crippen LogP contribution >= 0.6 is 47.8 Å². The molecule has 1 saturated heterocycles. The van der Waals surface area contributed by atoms with Gasteiger partial charge < -0.3 is 25.4 Å². The summed E-state index contributed by atoms with van der Waals surface area (Å²) in [6.45, 7) is 3.38. The Bertz CT molecular complexity index is 1510. The average Bonchev–Trinajstić information content (AvgIpc) is 3.38. The lowest BCUT2D eigenvalue weighted by Crippen LogP contribution is -2.40. The Hall–Kier alpha value is -1.98. The summed E-state index contributed by atoms with van der Waals surface area (Å²) in [6.07, 6.45) is 6.57. The van der Waals surface area contributed by atoms with E-state index in [1.54, 1.807) is 11.3 Å². The molecule has 2 saturated carbocycles. The molecule has 12 heteroatoms. The molecule has 0 radical (unpaired) electrons. The molecule has 3 aromatic heterocycles. The van der Waals surface area contributed by atoms with Gasteiger partial charge in [-0.25, -0.2) is 9.97 Å². The van der Waals surface area contributed by atoms with Gasteiger partial charge in [0.2, 0.25) is 5.28 Å². The second kappa shape index (κ2) is 12.9. The number of aliphatic hydroxyl groups excluding tert-OH is 2. The number of halogens is 3. The fraction of sp³-hybridized carbons (Fsp3) is 0.500. The van der Waals surface area contributed by atoms with Gasteiger partial charge in [-0.15, -0.1) is 36.2 Å². The van der Waals surface area contributed by atoms with E-state index in [0.717, 1.165) is 54.5 Å². The van der Waals surface area contributed by atoms with Crippen molar-refractivity contribution in [3.05, 3.63) is 58.4 Å². The summed E-state index contributed by atoms with van der Waals surface area (Å²) in [5.74, 6) is 1.62. The third kappa shape index (κ3) is 6.15. The van der Waals surface area contributed by atoms with Crippen LogP contribution in [-0.4, -0.2) is 66.5 Å². The Labute approximate surface area is 267 Å². The van der Waals surface area contributed by atoms with Gasteiger partial charge in [0, 0.05) is 30.1 Å². The summed E-state index contributed by atoms with van der Waals surface area (Å²) in [5.41, 5.74) is 9.98. The number of rotatable bonds is 7. The quantitative estimate of drug-likeness (QED) is 0.222. The highest BCUT2D eigenvalue weighted by Gasteiger charge is 2.47. The molecule has 7 rings (SSSR count). The molecule has 3 fully saturated rings. The van der Waals surface area contributed by atoms with E-state index in [1.807, 2.05) is 29.0 Å². The number of thiazole rings is 1. The Kier molecular flexibility index (Phi) is 9.69. The van der Waals surface area contributed by atoms with Gasteiger partial charge in [0.25, 0.3) is 0 Å². The maximum absolute atomic E-state index is 11.3. The molecule has 226 valence electrons. The maximum Gasteiger partial charge on any atom is 0.226 e. The first-order chi connectivity index (χ1) is 19.4. The van der Waals surface area contributed by atoms with E-state index in [0.29, 0.717) is 23.4 Å². The molecule has 4 heterocycles. The smallest absolute Gasteiger partial charge is 0.226 e. The molecule has 0 unspecified atom stereocenters. The first-order valence-electron chi connectivity index (χ1n) is 14.4. The zero-order valence-corrected chi connectivity index (χ0v) is 26.4. The summed E-state index contributed by atoms with van der Waals surface area (Å²) in [7, 11) is 0. The van der Waals surface area contributed by atoms with E-state index < -0.39 is 12.2 Å². The van der Waals surface area contributed by atoms with Crippen molar-refractivity contribution >= 4 is 64.6 Å². The van der Waals surface area contributed by atoms with Crippen LogP contribution in [0.1, 0.15) is 49.4 Å². The minimum absolute atomic E-state index is 0. The van der Waals surface area contributed by atoms with Crippen LogP contribution in [0.15, 0.2) is 41.9 Å². The Balaban J connectivity index is 0.00000176. The van der Waals surface area contributed by atoms with Crippen LogP contribution in [0.2, 0.25) is 5.28 Å². The second-order valence-corrected chi connectivity index (χ2v) is 13.1. The summed E-state index contributed by atoms with van der Waals surface area (Å²) < 4.78 is 1.96. The van der Waals surface area contributed by atoms with Gasteiger partial charge in [0.05, 0.1) is 23.2 Å². The molecule has 3 aliphatic rings. The van der Waals surface area contributed by atoms with Gasteiger partial charge >= 0.3 is 0 Å². The number of aliphatic hydroxyl groups is 2. The Morgan fingerprint density at radius 1 is 0.976 bits per heavy atom. The lowest BCUT2D eigenvalue weighted by Gasteiger charge is -2.36. The fourth-order valence-corrected chi connectivity index (χ4v) is 7.90. The van der Waals surface area contributed by atoms with Crippen molar-refractivity contribution in [2.45, 2.75) is 56.8 Å². The Morgan fingerprint density at radius 3 is 2.43 bits per heavy atom. The van der Waals surface area contributed by atoms with Crippen molar-refractivity contribution in [1.82, 2.24) is 24.4 Å². The first-order valence-corrected chi connectivity index (χ1v) is 15.6. The minimum Gasteiger partial charge on any atom is -0.390 e. The molecule has 2 aliphatic carbocycles. The van der Waals surface area contributed by atoms with E-state index in [-0.39, 0.29) is 47.9 Å². The number of fused-ring (bicyclic) bond motifs is 1. The van der Waals surface area contributed by atoms with Crippen LogP contribution in [-0.2, 0) is 6.42 Å². The van der Waals surface area contributed by atoms with E-state index >= 15 is 0 Å². The summed E-state index contributed by atoms with van der Waals surface area (Å²) in [6, 6.07) is 9.93. The summed E-state index contributed by atoms with van der Waals surface area (Å²) in [4.78, 5) is 16.3. The number of likely N-dealkylation sites (tertiary alicyclic amines) is 1. The topological polar surface area (TPSA) is 113 Å². The number of piperidine rings is 1. The van der Waals surface area contributed by atoms with Gasteiger partial charge in [0.15, 0.2) is 0 Å². The molecule has 0 amide bonds. The highest BCUT2D eigenvalue weighted by atomic mass is 35.5. The molecule has 8 nitrogen and oxygen atoms in total. The Morgan fingerprint density at radius 2 is 1.71 bits per heavy atom. The molecule has 4 atom stereocenters. The van der Waals surface area contributed by atoms with Gasteiger partial charge in [-0.3, -0.25) is 0 Å². The summed E-state index contributed by atoms with van der Waals surface area (Å²) >= 11 is 7.83. The predicted molar refractivity (Wildman–Crippen MR) is 173 cm³/mol. The van der Waals surface area contributed by atoms with E-state index in [9.17, 15) is 10.2 Å². The van der Waals surface area contributed by atoms with Crippen molar-refractivity contribution in [3.8, 4) is 10.6 Å². The van der Waals surface area contributed by atoms with Gasteiger partial charge in [-0.1, -0.05) is 30.3 Å². The summed E-state index contributed by atoms with van der Waals surface area (Å²) in [5, 5.41) is 26.2.